The van der Waals surface area contributed by atoms with Crippen molar-refractivity contribution in [2.45, 2.75) is 52.5 Å². The van der Waals surface area contributed by atoms with Crippen molar-refractivity contribution in [3.63, 3.8) is 0 Å². The Morgan fingerprint density at radius 3 is 2.61 bits per heavy atom. The van der Waals surface area contributed by atoms with E-state index in [-0.39, 0.29) is 17.9 Å². The molecule has 0 aromatic carbocycles. The summed E-state index contributed by atoms with van der Waals surface area (Å²) in [5.74, 6) is 1.00. The Hall–Kier alpha value is -1.46. The van der Waals surface area contributed by atoms with Crippen LogP contribution in [0.5, 0.6) is 0 Å². The molecule has 100 valence electrons. The first-order valence-corrected chi connectivity index (χ1v) is 6.30. The van der Waals surface area contributed by atoms with Gasteiger partial charge in [-0.05, 0) is 28.2 Å². The Bertz CT molecular complexity index is 449. The molecule has 1 heterocycles. The van der Waals surface area contributed by atoms with Crippen LogP contribution in [0.1, 0.15) is 58.3 Å². The summed E-state index contributed by atoms with van der Waals surface area (Å²) in [6, 6.07) is -0.215. The predicted octanol–water partition coefficient (Wildman–Crippen LogP) is 1.86. The number of aliphatic carboxylic acids is 1. The molecule has 1 aliphatic rings. The zero-order valence-corrected chi connectivity index (χ0v) is 11.3. The average molecular weight is 252 g/mol. The van der Waals surface area contributed by atoms with E-state index >= 15 is 0 Å². The van der Waals surface area contributed by atoms with E-state index in [4.69, 9.17) is 5.11 Å². The second-order valence-corrected chi connectivity index (χ2v) is 6.28. The topological polar surface area (TPSA) is 80.9 Å². The molecule has 0 spiro atoms. The summed E-state index contributed by atoms with van der Waals surface area (Å²) in [6.45, 7) is 8.21. The lowest BCUT2D eigenvalue weighted by atomic mass is 9.84. The predicted molar refractivity (Wildman–Crippen MR) is 65.1 cm³/mol. The number of hydrogen-bond acceptors (Lipinski definition) is 4. The monoisotopic (exact) mass is 252 g/mol. The third-order valence-corrected chi connectivity index (χ3v) is 3.62. The Morgan fingerprint density at radius 2 is 2.17 bits per heavy atom. The van der Waals surface area contributed by atoms with Gasteiger partial charge in [0.1, 0.15) is 0 Å². The second-order valence-electron chi connectivity index (χ2n) is 6.28. The van der Waals surface area contributed by atoms with Gasteiger partial charge in [-0.2, -0.15) is 0 Å². The third-order valence-electron chi connectivity index (χ3n) is 3.62. The van der Waals surface area contributed by atoms with Crippen molar-refractivity contribution in [2.75, 3.05) is 0 Å². The van der Waals surface area contributed by atoms with Crippen LogP contribution >= 0.6 is 0 Å². The quantitative estimate of drug-likeness (QED) is 0.884. The molecular weight excluding hydrogens is 232 g/mol. The van der Waals surface area contributed by atoms with Crippen LogP contribution in [0.4, 0.5) is 0 Å². The van der Waals surface area contributed by atoms with Gasteiger partial charge in [0, 0.05) is 5.92 Å². The van der Waals surface area contributed by atoms with Crippen molar-refractivity contribution < 1.29 is 9.90 Å². The third kappa shape index (κ3) is 2.52. The molecule has 0 aliphatic heterocycles. The van der Waals surface area contributed by atoms with Gasteiger partial charge in [0.05, 0.1) is 12.5 Å². The molecule has 18 heavy (non-hydrogen) atoms. The van der Waals surface area contributed by atoms with E-state index in [0.717, 1.165) is 12.2 Å². The van der Waals surface area contributed by atoms with Crippen LogP contribution in [-0.2, 0) is 4.79 Å². The summed E-state index contributed by atoms with van der Waals surface area (Å²) >= 11 is 0. The van der Waals surface area contributed by atoms with E-state index in [9.17, 15) is 4.79 Å². The molecule has 0 amide bonds. The van der Waals surface area contributed by atoms with Crippen LogP contribution in [-0.4, -0.2) is 31.3 Å². The Balaban J connectivity index is 2.31. The minimum absolute atomic E-state index is 0.0443. The van der Waals surface area contributed by atoms with E-state index in [0.29, 0.717) is 11.8 Å². The van der Waals surface area contributed by atoms with Crippen LogP contribution in [0, 0.1) is 11.3 Å². The van der Waals surface area contributed by atoms with Crippen molar-refractivity contribution in [3.8, 4) is 0 Å². The highest BCUT2D eigenvalue weighted by molar-refractivity contribution is 5.67. The molecule has 1 fully saturated rings. The highest BCUT2D eigenvalue weighted by Crippen LogP contribution is 2.47. The molecule has 1 saturated carbocycles. The summed E-state index contributed by atoms with van der Waals surface area (Å²) in [7, 11) is 0. The molecule has 1 N–H and O–H groups in total. The van der Waals surface area contributed by atoms with E-state index in [1.807, 2.05) is 20.8 Å². The van der Waals surface area contributed by atoms with E-state index in [2.05, 4.69) is 22.4 Å². The van der Waals surface area contributed by atoms with Crippen molar-refractivity contribution in [1.82, 2.24) is 20.2 Å². The summed E-state index contributed by atoms with van der Waals surface area (Å²) in [5.41, 5.74) is -0.194. The van der Waals surface area contributed by atoms with Gasteiger partial charge in [-0.1, -0.05) is 27.7 Å². The van der Waals surface area contributed by atoms with Gasteiger partial charge in [-0.25, -0.2) is 4.68 Å². The summed E-state index contributed by atoms with van der Waals surface area (Å²) in [5, 5.41) is 20.9. The molecular formula is C12H20N4O2. The summed E-state index contributed by atoms with van der Waals surface area (Å²) < 4.78 is 1.72. The Morgan fingerprint density at radius 1 is 1.56 bits per heavy atom. The molecule has 2 rings (SSSR count). The van der Waals surface area contributed by atoms with E-state index in [1.54, 1.807) is 4.68 Å². The van der Waals surface area contributed by atoms with Crippen molar-refractivity contribution >= 4 is 5.97 Å². The highest BCUT2D eigenvalue weighted by Gasteiger charge is 2.41. The molecule has 1 aliphatic carbocycles. The van der Waals surface area contributed by atoms with Gasteiger partial charge in [-0.15, -0.1) is 5.10 Å². The van der Waals surface area contributed by atoms with Gasteiger partial charge < -0.3 is 5.11 Å². The lowest BCUT2D eigenvalue weighted by Gasteiger charge is -2.29. The van der Waals surface area contributed by atoms with Crippen molar-refractivity contribution in [3.05, 3.63) is 5.82 Å². The molecule has 0 bridgehead atoms. The Kier molecular flexibility index (Phi) is 3.12. The fourth-order valence-corrected chi connectivity index (χ4v) is 2.27. The van der Waals surface area contributed by atoms with Crippen LogP contribution in [0.15, 0.2) is 0 Å². The number of carboxylic acid groups (broad SMARTS) is 1. The lowest BCUT2D eigenvalue weighted by Crippen LogP contribution is -2.29. The van der Waals surface area contributed by atoms with Gasteiger partial charge in [0.2, 0.25) is 0 Å². The maximum atomic E-state index is 11.0. The average Bonchev–Trinajstić information content (AvgIpc) is 2.76. The molecule has 3 unspecified atom stereocenters. The highest BCUT2D eigenvalue weighted by atomic mass is 16.4. The van der Waals surface area contributed by atoms with E-state index in [1.165, 1.54) is 0 Å². The summed E-state index contributed by atoms with van der Waals surface area (Å²) in [6.07, 6.45) is 1.13. The number of nitrogens with zero attached hydrogens (tertiary/aromatic N) is 4. The molecule has 6 nitrogen and oxygen atoms in total. The standard InChI is InChI=1S/C12H20N4O2/c1-7-5-8(7)11-13-14-15-16(11)9(6-10(17)18)12(2,3)4/h7-9H,5-6H2,1-4H3,(H,17,18). The van der Waals surface area contributed by atoms with Crippen LogP contribution in [0.2, 0.25) is 0 Å². The molecule has 6 heteroatoms. The number of rotatable bonds is 4. The molecule has 1 aromatic heterocycles. The van der Waals surface area contributed by atoms with Gasteiger partial charge in [0.15, 0.2) is 5.82 Å². The first kappa shape index (κ1) is 13.0. The van der Waals surface area contributed by atoms with Crippen LogP contribution in [0.25, 0.3) is 0 Å². The first-order valence-electron chi connectivity index (χ1n) is 6.30. The van der Waals surface area contributed by atoms with Gasteiger partial charge in [0.25, 0.3) is 0 Å². The number of carbonyl (C=O) groups is 1. The first-order chi connectivity index (χ1) is 8.30. The van der Waals surface area contributed by atoms with Crippen LogP contribution < -0.4 is 0 Å². The number of carboxylic acids is 1. The molecule has 1 aromatic rings. The SMILES string of the molecule is CC1CC1c1nnnn1C(CC(=O)O)C(C)(C)C. The zero-order chi connectivity index (χ0) is 13.5. The number of hydrogen-bond donors (Lipinski definition) is 1. The normalized spacial score (nSPS) is 24.9. The maximum Gasteiger partial charge on any atom is 0.305 e. The fraction of sp³-hybridized carbons (Fsp3) is 0.833. The number of tetrazole rings is 1. The molecule has 0 saturated heterocycles. The van der Waals surface area contributed by atoms with Crippen LogP contribution in [0.3, 0.4) is 0 Å². The fourth-order valence-electron chi connectivity index (χ4n) is 2.27. The van der Waals surface area contributed by atoms with Gasteiger partial charge >= 0.3 is 5.97 Å². The smallest absolute Gasteiger partial charge is 0.305 e. The lowest BCUT2D eigenvalue weighted by molar-refractivity contribution is -0.138. The largest absolute Gasteiger partial charge is 0.481 e. The number of aromatic nitrogens is 4. The minimum Gasteiger partial charge on any atom is -0.481 e. The van der Waals surface area contributed by atoms with Crippen molar-refractivity contribution in [2.24, 2.45) is 11.3 Å². The van der Waals surface area contributed by atoms with Crippen molar-refractivity contribution in [1.29, 1.82) is 0 Å². The van der Waals surface area contributed by atoms with E-state index < -0.39 is 5.97 Å². The minimum atomic E-state index is -0.819. The molecule has 3 atom stereocenters. The van der Waals surface area contributed by atoms with Gasteiger partial charge in [-0.3, -0.25) is 4.79 Å². The summed E-state index contributed by atoms with van der Waals surface area (Å²) in [4.78, 5) is 11.0. The second kappa shape index (κ2) is 4.33. The Labute approximate surface area is 106 Å². The zero-order valence-electron chi connectivity index (χ0n) is 11.3. The maximum absolute atomic E-state index is 11.0. The molecule has 0 radical (unpaired) electrons.